The monoisotopic (exact) mass is 418 g/mol. The van der Waals surface area contributed by atoms with Gasteiger partial charge in [0.1, 0.15) is 0 Å². The molecule has 154 valence electrons. The Hall–Kier alpha value is -3.05. The fourth-order valence-electron chi connectivity index (χ4n) is 3.05. The molecule has 0 radical (unpaired) electrons. The number of nitrogens with one attached hydrogen (secondary N) is 2. The Morgan fingerprint density at radius 2 is 1.67 bits per heavy atom. The summed E-state index contributed by atoms with van der Waals surface area (Å²) in [6, 6.07) is 22.8. The van der Waals surface area contributed by atoms with Crippen LogP contribution < -0.4 is 10.6 Å². The maximum Gasteiger partial charge on any atom is 0.255 e. The van der Waals surface area contributed by atoms with Crippen LogP contribution >= 0.6 is 11.8 Å². The molecule has 4 nitrogen and oxygen atoms in total. The van der Waals surface area contributed by atoms with Gasteiger partial charge < -0.3 is 10.6 Å². The van der Waals surface area contributed by atoms with Gasteiger partial charge in [0.25, 0.3) is 5.91 Å². The van der Waals surface area contributed by atoms with E-state index in [2.05, 4.69) is 10.6 Å². The molecule has 0 aliphatic rings. The van der Waals surface area contributed by atoms with Gasteiger partial charge in [-0.2, -0.15) is 0 Å². The van der Waals surface area contributed by atoms with Crippen molar-refractivity contribution in [2.45, 2.75) is 37.3 Å². The zero-order valence-electron chi connectivity index (χ0n) is 17.4. The number of anilines is 2. The van der Waals surface area contributed by atoms with E-state index in [1.807, 2.05) is 87.5 Å². The molecule has 0 heterocycles. The number of para-hydroxylation sites is 1. The summed E-state index contributed by atoms with van der Waals surface area (Å²) in [6.45, 7) is 5.93. The van der Waals surface area contributed by atoms with Gasteiger partial charge in [-0.3, -0.25) is 9.59 Å². The Morgan fingerprint density at radius 1 is 0.900 bits per heavy atom. The van der Waals surface area contributed by atoms with Gasteiger partial charge in [0, 0.05) is 21.8 Å². The van der Waals surface area contributed by atoms with Crippen LogP contribution in [-0.4, -0.2) is 17.1 Å². The zero-order valence-corrected chi connectivity index (χ0v) is 18.3. The molecule has 0 saturated carbocycles. The second kappa shape index (κ2) is 10.1. The van der Waals surface area contributed by atoms with Crippen LogP contribution in [0.5, 0.6) is 0 Å². The Bertz CT molecular complexity index is 1050. The molecule has 3 rings (SSSR count). The average Bonchev–Trinajstić information content (AvgIpc) is 2.74. The maximum absolute atomic E-state index is 12.8. The normalized spacial score (nSPS) is 11.6. The lowest BCUT2D eigenvalue weighted by molar-refractivity contribution is -0.115. The highest BCUT2D eigenvalue weighted by molar-refractivity contribution is 8.00. The third-order valence-corrected chi connectivity index (χ3v) is 6.07. The molecule has 0 aliphatic carbocycles. The van der Waals surface area contributed by atoms with Crippen LogP contribution in [0.25, 0.3) is 0 Å². The first-order chi connectivity index (χ1) is 14.5. The van der Waals surface area contributed by atoms with Crippen molar-refractivity contribution in [1.29, 1.82) is 0 Å². The number of carbonyl (C=O) groups is 2. The highest BCUT2D eigenvalue weighted by Crippen LogP contribution is 2.29. The van der Waals surface area contributed by atoms with Crippen molar-refractivity contribution in [2.75, 3.05) is 10.6 Å². The molecule has 0 spiro atoms. The lowest BCUT2D eigenvalue weighted by Crippen LogP contribution is -2.24. The summed E-state index contributed by atoms with van der Waals surface area (Å²) in [5.74, 6) is -0.170. The van der Waals surface area contributed by atoms with Crippen molar-refractivity contribution < 1.29 is 9.59 Å². The molecule has 0 aromatic heterocycles. The molecule has 2 amide bonds. The standard InChI is InChI=1S/C25H26N2O2S/c1-4-23(25(29)27-22-14-6-5-10-18(22)3)30-21-13-8-12-20(16-21)26-24(28)19-11-7-9-17(2)15-19/h5-16,23H,4H2,1-3H3,(H,26,28)(H,27,29). The molecule has 3 aromatic carbocycles. The van der Waals surface area contributed by atoms with Crippen LogP contribution in [0.3, 0.4) is 0 Å². The van der Waals surface area contributed by atoms with Crippen molar-refractivity contribution in [2.24, 2.45) is 0 Å². The quantitative estimate of drug-likeness (QED) is 0.458. The Labute approximate surface area is 182 Å². The third kappa shape index (κ3) is 5.74. The third-order valence-electron chi connectivity index (χ3n) is 4.72. The maximum atomic E-state index is 12.8. The Balaban J connectivity index is 1.67. The lowest BCUT2D eigenvalue weighted by Gasteiger charge is -2.16. The number of hydrogen-bond donors (Lipinski definition) is 2. The first-order valence-electron chi connectivity index (χ1n) is 9.97. The molecule has 0 aliphatic heterocycles. The molecule has 1 atom stereocenters. The van der Waals surface area contributed by atoms with Crippen LogP contribution in [-0.2, 0) is 4.79 Å². The Morgan fingerprint density at radius 3 is 2.40 bits per heavy atom. The molecule has 0 bridgehead atoms. The fourth-order valence-corrected chi connectivity index (χ4v) is 4.06. The second-order valence-corrected chi connectivity index (χ2v) is 8.45. The lowest BCUT2D eigenvalue weighted by atomic mass is 10.1. The zero-order chi connectivity index (χ0) is 21.5. The Kier molecular flexibility index (Phi) is 7.31. The number of hydrogen-bond acceptors (Lipinski definition) is 3. The predicted molar refractivity (Wildman–Crippen MR) is 125 cm³/mol. The summed E-state index contributed by atoms with van der Waals surface area (Å²) in [5, 5.41) is 5.74. The minimum absolute atomic E-state index is 0.0222. The first kappa shape index (κ1) is 21.7. The van der Waals surface area contributed by atoms with Crippen molar-refractivity contribution in [3.8, 4) is 0 Å². The van der Waals surface area contributed by atoms with E-state index in [1.54, 1.807) is 6.07 Å². The van der Waals surface area contributed by atoms with E-state index in [0.29, 0.717) is 17.7 Å². The van der Waals surface area contributed by atoms with Crippen LogP contribution in [0.15, 0.2) is 77.7 Å². The molecule has 0 fully saturated rings. The topological polar surface area (TPSA) is 58.2 Å². The van der Waals surface area contributed by atoms with E-state index in [-0.39, 0.29) is 17.1 Å². The van der Waals surface area contributed by atoms with E-state index in [0.717, 1.165) is 21.7 Å². The molecule has 1 unspecified atom stereocenters. The summed E-state index contributed by atoms with van der Waals surface area (Å²) in [7, 11) is 0. The number of amides is 2. The number of aryl methyl sites for hydroxylation is 2. The van der Waals surface area contributed by atoms with Gasteiger partial charge in [-0.15, -0.1) is 11.8 Å². The number of thioether (sulfide) groups is 1. The summed E-state index contributed by atoms with van der Waals surface area (Å²) in [4.78, 5) is 26.2. The van der Waals surface area contributed by atoms with Crippen LogP contribution in [0, 0.1) is 13.8 Å². The molecule has 30 heavy (non-hydrogen) atoms. The van der Waals surface area contributed by atoms with Gasteiger partial charge in [-0.1, -0.05) is 48.9 Å². The fraction of sp³-hybridized carbons (Fsp3) is 0.200. The minimum Gasteiger partial charge on any atom is -0.325 e. The van der Waals surface area contributed by atoms with Gasteiger partial charge in [-0.25, -0.2) is 0 Å². The average molecular weight is 419 g/mol. The highest BCUT2D eigenvalue weighted by Gasteiger charge is 2.19. The molecule has 3 aromatic rings. The van der Waals surface area contributed by atoms with Crippen molar-refractivity contribution in [3.63, 3.8) is 0 Å². The van der Waals surface area contributed by atoms with E-state index < -0.39 is 0 Å². The van der Waals surface area contributed by atoms with Gasteiger partial charge in [0.15, 0.2) is 0 Å². The highest BCUT2D eigenvalue weighted by atomic mass is 32.2. The first-order valence-corrected chi connectivity index (χ1v) is 10.9. The largest absolute Gasteiger partial charge is 0.325 e. The SMILES string of the molecule is CCC(Sc1cccc(NC(=O)c2cccc(C)c2)c1)C(=O)Nc1ccccc1C. The summed E-state index contributed by atoms with van der Waals surface area (Å²) >= 11 is 1.50. The number of benzene rings is 3. The summed E-state index contributed by atoms with van der Waals surface area (Å²) in [5.41, 5.74) is 4.24. The van der Waals surface area contributed by atoms with E-state index in [4.69, 9.17) is 0 Å². The molecular formula is C25H26N2O2S. The smallest absolute Gasteiger partial charge is 0.255 e. The second-order valence-electron chi connectivity index (χ2n) is 7.17. The van der Waals surface area contributed by atoms with E-state index >= 15 is 0 Å². The van der Waals surface area contributed by atoms with Gasteiger partial charge >= 0.3 is 0 Å². The van der Waals surface area contributed by atoms with Gasteiger partial charge in [-0.05, 0) is 62.2 Å². The number of carbonyl (C=O) groups excluding carboxylic acids is 2. The summed E-state index contributed by atoms with van der Waals surface area (Å²) in [6.07, 6.45) is 0.697. The minimum atomic E-state index is -0.229. The van der Waals surface area contributed by atoms with E-state index in [9.17, 15) is 9.59 Å². The van der Waals surface area contributed by atoms with Gasteiger partial charge in [0.2, 0.25) is 5.91 Å². The van der Waals surface area contributed by atoms with Crippen molar-refractivity contribution >= 4 is 35.0 Å². The van der Waals surface area contributed by atoms with Crippen molar-refractivity contribution in [1.82, 2.24) is 0 Å². The van der Waals surface area contributed by atoms with Crippen LogP contribution in [0.2, 0.25) is 0 Å². The van der Waals surface area contributed by atoms with Crippen LogP contribution in [0.1, 0.15) is 34.8 Å². The van der Waals surface area contributed by atoms with Crippen molar-refractivity contribution in [3.05, 3.63) is 89.5 Å². The molecule has 5 heteroatoms. The number of rotatable bonds is 7. The molecular weight excluding hydrogens is 392 g/mol. The van der Waals surface area contributed by atoms with E-state index in [1.165, 1.54) is 11.8 Å². The summed E-state index contributed by atoms with van der Waals surface area (Å²) < 4.78 is 0. The van der Waals surface area contributed by atoms with Gasteiger partial charge in [0.05, 0.1) is 5.25 Å². The molecule has 0 saturated heterocycles. The predicted octanol–water partition coefficient (Wildman–Crippen LogP) is 6.07. The molecule has 2 N–H and O–H groups in total. The van der Waals surface area contributed by atoms with Crippen LogP contribution in [0.4, 0.5) is 11.4 Å².